The normalized spacial score (nSPS) is 32.5. The number of nitrogens with zero attached hydrogens (tertiary/aromatic N) is 5. The fourth-order valence-corrected chi connectivity index (χ4v) is 3.57. The largest absolute Gasteiger partial charge is 0.394 e. The van der Waals surface area contributed by atoms with Crippen molar-refractivity contribution >= 4 is 22.8 Å². The molecule has 4 heterocycles. The van der Waals surface area contributed by atoms with Crippen molar-refractivity contribution in [3.05, 3.63) is 12.7 Å². The predicted molar refractivity (Wildman–Crippen MR) is 89.3 cm³/mol. The van der Waals surface area contributed by atoms with E-state index in [4.69, 9.17) is 4.74 Å². The van der Waals surface area contributed by atoms with E-state index in [1.165, 1.54) is 17.2 Å². The number of piperidine rings is 1. The van der Waals surface area contributed by atoms with Crippen LogP contribution in [0.3, 0.4) is 0 Å². The molecule has 1 unspecified atom stereocenters. The predicted octanol–water partition coefficient (Wildman–Crippen LogP) is -1.15. The van der Waals surface area contributed by atoms with Gasteiger partial charge in [-0.1, -0.05) is 6.92 Å². The van der Waals surface area contributed by atoms with Crippen LogP contribution in [0.1, 0.15) is 19.6 Å². The van der Waals surface area contributed by atoms with Gasteiger partial charge in [0, 0.05) is 25.4 Å². The maximum Gasteiger partial charge on any atom is 0.167 e. The van der Waals surface area contributed by atoms with Crippen LogP contribution in [0.25, 0.3) is 11.2 Å². The summed E-state index contributed by atoms with van der Waals surface area (Å²) < 4.78 is 7.09. The van der Waals surface area contributed by atoms with Crippen LogP contribution < -0.4 is 4.90 Å². The smallest absolute Gasteiger partial charge is 0.167 e. The molecule has 0 aliphatic carbocycles. The number of fused-ring (bicyclic) bond motifs is 1. The van der Waals surface area contributed by atoms with Gasteiger partial charge in [-0.15, -0.1) is 0 Å². The molecule has 0 amide bonds. The third kappa shape index (κ3) is 2.65. The Balaban J connectivity index is 1.69. The van der Waals surface area contributed by atoms with Crippen molar-refractivity contribution < 1.29 is 24.9 Å². The first-order valence-electron chi connectivity index (χ1n) is 8.59. The average molecular weight is 363 g/mol. The summed E-state index contributed by atoms with van der Waals surface area (Å²) in [5.74, 6) is 0.791. The molecule has 26 heavy (non-hydrogen) atoms. The summed E-state index contributed by atoms with van der Waals surface area (Å²) in [7, 11) is 0. The van der Waals surface area contributed by atoms with Crippen molar-refractivity contribution in [2.75, 3.05) is 24.6 Å². The van der Waals surface area contributed by atoms with Gasteiger partial charge in [0.2, 0.25) is 0 Å². The number of ether oxygens (including phenoxy) is 1. The summed E-state index contributed by atoms with van der Waals surface area (Å²) >= 11 is 0. The van der Waals surface area contributed by atoms with E-state index in [-0.39, 0.29) is 11.7 Å². The van der Waals surface area contributed by atoms with Gasteiger partial charge in [0.05, 0.1) is 12.9 Å². The molecule has 3 N–H and O–H groups in total. The minimum atomic E-state index is -1.21. The van der Waals surface area contributed by atoms with Crippen LogP contribution >= 0.6 is 0 Å². The molecule has 0 bridgehead atoms. The molecule has 2 saturated heterocycles. The molecule has 2 aromatic heterocycles. The lowest BCUT2D eigenvalue weighted by molar-refractivity contribution is -0.122. The molecule has 2 aliphatic heterocycles. The summed E-state index contributed by atoms with van der Waals surface area (Å²) in [4.78, 5) is 26.7. The quantitative estimate of drug-likeness (QED) is 0.618. The van der Waals surface area contributed by atoms with Gasteiger partial charge >= 0.3 is 0 Å². The Labute approximate surface area is 149 Å². The van der Waals surface area contributed by atoms with E-state index in [1.54, 1.807) is 0 Å². The van der Waals surface area contributed by atoms with E-state index in [1.807, 2.05) is 11.8 Å². The Morgan fingerprint density at radius 1 is 1.27 bits per heavy atom. The topological polar surface area (TPSA) is 134 Å². The standard InChI is InChI=1S/C16H21N5O5/c1-8-4-20(3-2-9(8)23)14-11-15(18-6-17-14)21(7-19-11)16-13(25)12(24)10(5-22)26-16/h6-8,10,12-13,16,22,24-25H,2-5H2,1H3/t8?,10-,12-,13-,16-/m1/s1. The first-order chi connectivity index (χ1) is 12.5. The molecular formula is C16H21N5O5. The van der Waals surface area contributed by atoms with E-state index >= 15 is 0 Å². The summed E-state index contributed by atoms with van der Waals surface area (Å²) in [5.41, 5.74) is 0.987. The van der Waals surface area contributed by atoms with Crippen LogP contribution in [-0.2, 0) is 9.53 Å². The molecule has 10 nitrogen and oxygen atoms in total. The molecule has 140 valence electrons. The third-order valence-corrected chi connectivity index (χ3v) is 5.10. The molecule has 2 aliphatic rings. The summed E-state index contributed by atoms with van der Waals surface area (Å²) in [6, 6.07) is 0. The number of hydrogen-bond donors (Lipinski definition) is 3. The van der Waals surface area contributed by atoms with Gasteiger partial charge in [-0.3, -0.25) is 9.36 Å². The van der Waals surface area contributed by atoms with E-state index in [0.29, 0.717) is 36.5 Å². The zero-order valence-electron chi connectivity index (χ0n) is 14.3. The second-order valence-electron chi connectivity index (χ2n) is 6.81. The lowest BCUT2D eigenvalue weighted by atomic mass is 9.99. The lowest BCUT2D eigenvalue weighted by Crippen LogP contribution is -2.40. The molecule has 5 atom stereocenters. The molecule has 2 fully saturated rings. The summed E-state index contributed by atoms with van der Waals surface area (Å²) in [5, 5.41) is 29.5. The van der Waals surface area contributed by atoms with Gasteiger partial charge < -0.3 is 25.0 Å². The zero-order valence-corrected chi connectivity index (χ0v) is 14.3. The van der Waals surface area contributed by atoms with Gasteiger partial charge in [0.15, 0.2) is 23.2 Å². The van der Waals surface area contributed by atoms with Crippen molar-refractivity contribution in [3.63, 3.8) is 0 Å². The molecule has 0 saturated carbocycles. The number of carbonyl (C=O) groups is 1. The highest BCUT2D eigenvalue weighted by Crippen LogP contribution is 2.33. The Bertz CT molecular complexity index is 826. The van der Waals surface area contributed by atoms with Crippen LogP contribution in [-0.4, -0.2) is 78.6 Å². The number of ketones is 1. The van der Waals surface area contributed by atoms with Crippen molar-refractivity contribution in [3.8, 4) is 0 Å². The maximum absolute atomic E-state index is 11.8. The van der Waals surface area contributed by atoms with Crippen molar-refractivity contribution in [2.24, 2.45) is 5.92 Å². The van der Waals surface area contributed by atoms with Crippen molar-refractivity contribution in [2.45, 2.75) is 37.9 Å². The second-order valence-corrected chi connectivity index (χ2v) is 6.81. The first kappa shape index (κ1) is 17.3. The number of anilines is 1. The number of hydrogen-bond acceptors (Lipinski definition) is 9. The zero-order chi connectivity index (χ0) is 18.4. The van der Waals surface area contributed by atoms with Gasteiger partial charge in [0.1, 0.15) is 30.4 Å². The highest BCUT2D eigenvalue weighted by molar-refractivity contribution is 5.87. The summed E-state index contributed by atoms with van der Waals surface area (Å²) in [6.45, 7) is 2.62. The molecule has 0 radical (unpaired) electrons. The maximum atomic E-state index is 11.8. The SMILES string of the molecule is CC1CN(c2ncnc3c2ncn3[C@@H]2O[C@H](CO)[C@@H](O)[C@H]2O)CCC1=O. The Morgan fingerprint density at radius 2 is 2.08 bits per heavy atom. The highest BCUT2D eigenvalue weighted by atomic mass is 16.6. The Morgan fingerprint density at radius 3 is 2.77 bits per heavy atom. The van der Waals surface area contributed by atoms with Crippen LogP contribution in [0.2, 0.25) is 0 Å². The molecule has 4 rings (SSSR count). The van der Waals surface area contributed by atoms with Crippen LogP contribution in [0.4, 0.5) is 5.82 Å². The molecular weight excluding hydrogens is 342 g/mol. The van der Waals surface area contributed by atoms with Gasteiger partial charge in [-0.05, 0) is 0 Å². The number of aromatic nitrogens is 4. The number of aliphatic hydroxyl groups is 3. The Kier molecular flexibility index (Phi) is 4.35. The fourth-order valence-electron chi connectivity index (χ4n) is 3.57. The van der Waals surface area contributed by atoms with E-state index in [0.717, 1.165) is 0 Å². The number of imidazole rings is 1. The van der Waals surface area contributed by atoms with Crippen LogP contribution in [0.5, 0.6) is 0 Å². The Hall–Kier alpha value is -2.14. The minimum absolute atomic E-state index is 0.0729. The average Bonchev–Trinajstić information content (AvgIpc) is 3.19. The van der Waals surface area contributed by atoms with Crippen LogP contribution in [0.15, 0.2) is 12.7 Å². The van der Waals surface area contributed by atoms with Gasteiger partial charge in [-0.25, -0.2) is 15.0 Å². The monoisotopic (exact) mass is 363 g/mol. The van der Waals surface area contributed by atoms with E-state index in [9.17, 15) is 20.1 Å². The highest BCUT2D eigenvalue weighted by Gasteiger charge is 2.44. The number of rotatable bonds is 3. The lowest BCUT2D eigenvalue weighted by Gasteiger charge is -2.30. The summed E-state index contributed by atoms with van der Waals surface area (Å²) in [6.07, 6.45) is -0.852. The van der Waals surface area contributed by atoms with Crippen molar-refractivity contribution in [1.82, 2.24) is 19.5 Å². The molecule has 10 heteroatoms. The van der Waals surface area contributed by atoms with Gasteiger partial charge in [0.25, 0.3) is 0 Å². The number of carbonyl (C=O) groups excluding carboxylic acids is 1. The van der Waals surface area contributed by atoms with E-state index in [2.05, 4.69) is 15.0 Å². The molecule has 2 aromatic rings. The number of Topliss-reactive ketones (excluding diaryl/α,β-unsaturated/α-hetero) is 1. The van der Waals surface area contributed by atoms with E-state index < -0.39 is 31.1 Å². The number of aliphatic hydroxyl groups excluding tert-OH is 3. The van der Waals surface area contributed by atoms with Crippen molar-refractivity contribution in [1.29, 1.82) is 0 Å². The molecule has 0 aromatic carbocycles. The van der Waals surface area contributed by atoms with Crippen LogP contribution in [0, 0.1) is 5.92 Å². The fraction of sp³-hybridized carbons (Fsp3) is 0.625. The second kappa shape index (κ2) is 6.54. The third-order valence-electron chi connectivity index (χ3n) is 5.10. The van der Waals surface area contributed by atoms with Gasteiger partial charge in [-0.2, -0.15) is 0 Å². The first-order valence-corrected chi connectivity index (χ1v) is 8.59. The minimum Gasteiger partial charge on any atom is -0.394 e. The molecule has 0 spiro atoms.